The summed E-state index contributed by atoms with van der Waals surface area (Å²) in [5, 5.41) is 12.1. The average Bonchev–Trinajstić information content (AvgIpc) is 3.28. The molecule has 1 aliphatic heterocycles. The van der Waals surface area contributed by atoms with Gasteiger partial charge in [0.25, 0.3) is 0 Å². The van der Waals surface area contributed by atoms with Crippen molar-refractivity contribution in [2.24, 2.45) is 5.92 Å². The Morgan fingerprint density at radius 2 is 1.13 bits per heavy atom. The summed E-state index contributed by atoms with van der Waals surface area (Å²) in [6.45, 7) is 0. The molecular weight excluding hydrogens is 567 g/mol. The van der Waals surface area contributed by atoms with Gasteiger partial charge in [-0.05, 0) is 107 Å². The van der Waals surface area contributed by atoms with Crippen LogP contribution in [0.4, 0.5) is 0 Å². The van der Waals surface area contributed by atoms with Crippen LogP contribution in [0, 0.1) is 5.92 Å². The lowest BCUT2D eigenvalue weighted by molar-refractivity contribution is 0.393. The molecule has 0 bridgehead atoms. The predicted molar refractivity (Wildman–Crippen MR) is 198 cm³/mol. The van der Waals surface area contributed by atoms with Gasteiger partial charge in [0.1, 0.15) is 0 Å². The van der Waals surface area contributed by atoms with Gasteiger partial charge in [0.2, 0.25) is 0 Å². The minimum atomic E-state index is 0.204. The highest BCUT2D eigenvalue weighted by atomic mass is 15.0. The summed E-state index contributed by atoms with van der Waals surface area (Å²) in [7, 11) is 0. The van der Waals surface area contributed by atoms with Crippen LogP contribution in [0.2, 0.25) is 0 Å². The zero-order chi connectivity index (χ0) is 30.9. The first-order chi connectivity index (χ1) is 23.3. The molecule has 0 fully saturated rings. The Hall–Kier alpha value is -5.66. The normalized spacial score (nSPS) is 17.3. The van der Waals surface area contributed by atoms with E-state index >= 15 is 0 Å². The van der Waals surface area contributed by atoms with Crippen LogP contribution in [0.25, 0.3) is 65.8 Å². The van der Waals surface area contributed by atoms with Crippen LogP contribution in [0.15, 0.2) is 158 Å². The number of allylic oxidation sites excluding steroid dienone is 1. The van der Waals surface area contributed by atoms with Gasteiger partial charge >= 0.3 is 0 Å². The molecule has 2 unspecified atom stereocenters. The molecule has 0 amide bonds. The van der Waals surface area contributed by atoms with Crippen molar-refractivity contribution in [2.75, 3.05) is 0 Å². The fraction of sp³-hybridized carbons (Fsp3) is 0.0870. The molecule has 10 rings (SSSR count). The number of fused-ring (bicyclic) bond motifs is 5. The van der Waals surface area contributed by atoms with Gasteiger partial charge in [-0.2, -0.15) is 0 Å². The summed E-state index contributed by atoms with van der Waals surface area (Å²) >= 11 is 0. The zero-order valence-electron chi connectivity index (χ0n) is 26.1. The van der Waals surface area contributed by atoms with Gasteiger partial charge in [-0.25, -0.2) is 0 Å². The Bertz CT molecular complexity index is 2470. The molecule has 1 heteroatoms. The van der Waals surface area contributed by atoms with Crippen molar-refractivity contribution in [1.82, 2.24) is 5.32 Å². The molecule has 1 nitrogen and oxygen atoms in total. The summed E-state index contributed by atoms with van der Waals surface area (Å²) in [5.41, 5.74) is 13.3. The molecule has 1 heterocycles. The Morgan fingerprint density at radius 3 is 1.94 bits per heavy atom. The maximum Gasteiger partial charge on any atom is 0.0554 e. The molecule has 8 aromatic carbocycles. The van der Waals surface area contributed by atoms with Crippen molar-refractivity contribution in [3.8, 4) is 22.3 Å². The highest BCUT2D eigenvalue weighted by Crippen LogP contribution is 2.49. The monoisotopic (exact) mass is 599 g/mol. The van der Waals surface area contributed by atoms with Gasteiger partial charge in [-0.1, -0.05) is 152 Å². The summed E-state index contributed by atoms with van der Waals surface area (Å²) in [6.07, 6.45) is 2.06. The third-order valence-electron chi connectivity index (χ3n) is 10.7. The standard InChI is InChI=1S/C46H33N/c1-3-10-29(11-4-1)41-28-36-26-34-14-7-8-17-37(34)42-27-35(22-25-40(42)46(36)47-45(41)33-12-5-2-6-13-33)38-23-20-32-19-18-30-15-9-16-31-21-24-39(38)44(32)43(30)31/h1-25,27,36,46-47H,26,28H2. The Balaban J connectivity index is 1.17. The Labute approximate surface area is 275 Å². The van der Waals surface area contributed by atoms with Crippen molar-refractivity contribution in [3.05, 3.63) is 180 Å². The van der Waals surface area contributed by atoms with E-state index in [0.29, 0.717) is 5.92 Å². The molecule has 1 N–H and O–H groups in total. The molecule has 0 aromatic heterocycles. The number of benzene rings is 8. The zero-order valence-corrected chi connectivity index (χ0v) is 26.1. The van der Waals surface area contributed by atoms with E-state index in [4.69, 9.17) is 0 Å². The van der Waals surface area contributed by atoms with E-state index in [1.807, 2.05) is 0 Å². The van der Waals surface area contributed by atoms with E-state index in [-0.39, 0.29) is 6.04 Å². The van der Waals surface area contributed by atoms with E-state index < -0.39 is 0 Å². The van der Waals surface area contributed by atoms with Crippen molar-refractivity contribution in [2.45, 2.75) is 18.9 Å². The number of nitrogens with one attached hydrogen (secondary N) is 1. The fourth-order valence-electron chi connectivity index (χ4n) is 8.59. The van der Waals surface area contributed by atoms with Gasteiger partial charge in [0, 0.05) is 5.70 Å². The molecule has 8 aromatic rings. The van der Waals surface area contributed by atoms with Crippen LogP contribution in [-0.2, 0) is 6.42 Å². The Morgan fingerprint density at radius 1 is 0.447 bits per heavy atom. The lowest BCUT2D eigenvalue weighted by Gasteiger charge is -2.37. The molecule has 0 spiro atoms. The van der Waals surface area contributed by atoms with Crippen molar-refractivity contribution < 1.29 is 0 Å². The number of hydrogen-bond acceptors (Lipinski definition) is 1. The van der Waals surface area contributed by atoms with Crippen LogP contribution in [0.1, 0.15) is 34.7 Å². The minimum Gasteiger partial charge on any atom is -0.377 e. The van der Waals surface area contributed by atoms with Gasteiger partial charge in [0.15, 0.2) is 0 Å². The minimum absolute atomic E-state index is 0.204. The smallest absolute Gasteiger partial charge is 0.0554 e. The maximum absolute atomic E-state index is 4.15. The number of hydrogen-bond donors (Lipinski definition) is 1. The molecule has 47 heavy (non-hydrogen) atoms. The third kappa shape index (κ3) is 4.16. The molecule has 0 saturated heterocycles. The Kier molecular flexibility index (Phi) is 5.90. The van der Waals surface area contributed by atoms with E-state index in [2.05, 4.69) is 163 Å². The van der Waals surface area contributed by atoms with E-state index in [1.165, 1.54) is 88.1 Å². The highest BCUT2D eigenvalue weighted by molar-refractivity contribution is 6.25. The topological polar surface area (TPSA) is 12.0 Å². The second kappa shape index (κ2) is 10.4. The van der Waals surface area contributed by atoms with Gasteiger partial charge in [0.05, 0.1) is 6.04 Å². The quantitative estimate of drug-likeness (QED) is 0.199. The van der Waals surface area contributed by atoms with Gasteiger partial charge in [-0.3, -0.25) is 0 Å². The lowest BCUT2D eigenvalue weighted by Crippen LogP contribution is -2.33. The molecule has 1 aliphatic carbocycles. The van der Waals surface area contributed by atoms with Gasteiger partial charge in [-0.15, -0.1) is 0 Å². The van der Waals surface area contributed by atoms with E-state index in [1.54, 1.807) is 0 Å². The third-order valence-corrected chi connectivity index (χ3v) is 10.7. The lowest BCUT2D eigenvalue weighted by atomic mass is 9.78. The molecular formula is C46H33N. The SMILES string of the molecule is c1ccc(C2=C(c3ccccc3)NC3c4ccc(-c5ccc6ccc7cccc8ccc5c6c78)cc4-c4ccccc4CC3C2)cc1. The summed E-state index contributed by atoms with van der Waals surface area (Å²) < 4.78 is 0. The highest BCUT2D eigenvalue weighted by Gasteiger charge is 2.36. The molecule has 222 valence electrons. The first-order valence-corrected chi connectivity index (χ1v) is 16.8. The van der Waals surface area contributed by atoms with Crippen LogP contribution in [0.5, 0.6) is 0 Å². The molecule has 0 radical (unpaired) electrons. The van der Waals surface area contributed by atoms with Crippen molar-refractivity contribution in [1.29, 1.82) is 0 Å². The first-order valence-electron chi connectivity index (χ1n) is 16.8. The average molecular weight is 600 g/mol. The van der Waals surface area contributed by atoms with Crippen LogP contribution < -0.4 is 5.32 Å². The second-order valence-electron chi connectivity index (χ2n) is 13.3. The maximum atomic E-state index is 4.15. The summed E-state index contributed by atoms with van der Waals surface area (Å²) in [5.74, 6) is 0.431. The summed E-state index contributed by atoms with van der Waals surface area (Å²) in [6, 6.07) is 58.9. The predicted octanol–water partition coefficient (Wildman–Crippen LogP) is 11.7. The largest absolute Gasteiger partial charge is 0.377 e. The first kappa shape index (κ1) is 26.5. The summed E-state index contributed by atoms with van der Waals surface area (Å²) in [4.78, 5) is 0. The molecule has 2 aliphatic rings. The van der Waals surface area contributed by atoms with Crippen LogP contribution in [-0.4, -0.2) is 0 Å². The second-order valence-corrected chi connectivity index (χ2v) is 13.3. The molecule has 2 atom stereocenters. The van der Waals surface area contributed by atoms with E-state index in [0.717, 1.165) is 12.8 Å². The fourth-order valence-corrected chi connectivity index (χ4v) is 8.59. The van der Waals surface area contributed by atoms with Crippen molar-refractivity contribution >= 4 is 43.6 Å². The number of rotatable bonds is 3. The van der Waals surface area contributed by atoms with Gasteiger partial charge < -0.3 is 5.32 Å². The van der Waals surface area contributed by atoms with Crippen molar-refractivity contribution in [3.63, 3.8) is 0 Å². The van der Waals surface area contributed by atoms with Crippen LogP contribution >= 0.6 is 0 Å². The molecule has 0 saturated carbocycles. The van der Waals surface area contributed by atoms with Crippen LogP contribution in [0.3, 0.4) is 0 Å². The van der Waals surface area contributed by atoms with E-state index in [9.17, 15) is 0 Å².